The van der Waals surface area contributed by atoms with Crippen LogP contribution in [0.25, 0.3) is 10.8 Å². The number of thiophene rings is 1. The maximum Gasteiger partial charge on any atom is 0.268 e. The van der Waals surface area contributed by atoms with E-state index in [-0.39, 0.29) is 0 Å². The van der Waals surface area contributed by atoms with Crippen molar-refractivity contribution in [2.24, 2.45) is 0 Å². The average molecular weight is 303 g/mol. The molecule has 0 aliphatic heterocycles. The van der Waals surface area contributed by atoms with Gasteiger partial charge in [-0.3, -0.25) is 0 Å². The zero-order valence-corrected chi connectivity index (χ0v) is 11.1. The molecule has 0 fully saturated rings. The number of aliphatic hydroxyl groups is 1. The molecule has 0 bridgehead atoms. The number of nitrogens with zero attached hydrogens (tertiary/aromatic N) is 2. The lowest BCUT2D eigenvalue weighted by molar-refractivity contribution is 0.153. The molecule has 0 radical (unpaired) electrons. The monoisotopic (exact) mass is 302 g/mol. The highest BCUT2D eigenvalue weighted by molar-refractivity contribution is 9.11. The molecule has 1 atom stereocenters. The maximum absolute atomic E-state index is 9.70. The number of hydrogen-bond acceptors (Lipinski definition) is 5. The van der Waals surface area contributed by atoms with Gasteiger partial charge in [-0.05, 0) is 34.5 Å². The minimum atomic E-state index is -0.633. The van der Waals surface area contributed by atoms with Gasteiger partial charge in [0.05, 0.1) is 8.66 Å². The van der Waals surface area contributed by atoms with E-state index >= 15 is 0 Å². The summed E-state index contributed by atoms with van der Waals surface area (Å²) >= 11 is 4.89. The second kappa shape index (κ2) is 5.07. The lowest BCUT2D eigenvalue weighted by Crippen LogP contribution is -1.98. The molecule has 1 N–H and O–H groups in total. The summed E-state index contributed by atoms with van der Waals surface area (Å²) in [6, 6.07) is 3.82. The maximum atomic E-state index is 9.70. The fourth-order valence-electron chi connectivity index (χ4n) is 1.30. The number of aromatic nitrogens is 2. The fourth-order valence-corrected chi connectivity index (χ4v) is 2.61. The van der Waals surface area contributed by atoms with Crippen LogP contribution in [0, 0.1) is 0 Å². The molecule has 16 heavy (non-hydrogen) atoms. The lowest BCUT2D eigenvalue weighted by atomic mass is 10.2. The molecule has 1 unspecified atom stereocenters. The highest BCUT2D eigenvalue weighted by atomic mass is 79.9. The van der Waals surface area contributed by atoms with E-state index in [0.29, 0.717) is 18.1 Å². The van der Waals surface area contributed by atoms with Crippen molar-refractivity contribution in [2.45, 2.75) is 25.9 Å². The Balaban J connectivity index is 2.19. The zero-order valence-electron chi connectivity index (χ0n) is 8.68. The van der Waals surface area contributed by atoms with Gasteiger partial charge in [0, 0.05) is 0 Å². The summed E-state index contributed by atoms with van der Waals surface area (Å²) in [5.41, 5.74) is 0. The molecule has 2 rings (SSSR count). The van der Waals surface area contributed by atoms with Crippen LogP contribution in [0.2, 0.25) is 0 Å². The Morgan fingerprint density at radius 1 is 1.56 bits per heavy atom. The predicted molar refractivity (Wildman–Crippen MR) is 65.2 cm³/mol. The van der Waals surface area contributed by atoms with Gasteiger partial charge in [0.15, 0.2) is 0 Å². The molecule has 0 saturated heterocycles. The summed E-state index contributed by atoms with van der Waals surface area (Å²) in [7, 11) is 0. The number of aliphatic hydroxyl groups excluding tert-OH is 1. The average Bonchev–Trinajstić information content (AvgIpc) is 2.85. The van der Waals surface area contributed by atoms with Crippen LogP contribution >= 0.6 is 27.3 Å². The lowest BCUT2D eigenvalue weighted by Gasteiger charge is -2.00. The van der Waals surface area contributed by atoms with E-state index in [1.165, 1.54) is 11.3 Å². The van der Waals surface area contributed by atoms with E-state index in [4.69, 9.17) is 4.52 Å². The van der Waals surface area contributed by atoms with Gasteiger partial charge in [-0.2, -0.15) is 4.98 Å². The van der Waals surface area contributed by atoms with E-state index in [0.717, 1.165) is 15.1 Å². The van der Waals surface area contributed by atoms with Crippen molar-refractivity contribution in [3.05, 3.63) is 21.7 Å². The molecular weight excluding hydrogens is 292 g/mol. The summed E-state index contributed by atoms with van der Waals surface area (Å²) in [6.45, 7) is 2.00. The Morgan fingerprint density at radius 3 is 3.00 bits per heavy atom. The smallest absolute Gasteiger partial charge is 0.268 e. The van der Waals surface area contributed by atoms with Gasteiger partial charge < -0.3 is 9.63 Å². The fraction of sp³-hybridized carbons (Fsp3) is 0.400. The molecule has 2 aromatic heterocycles. The number of hydrogen-bond donors (Lipinski definition) is 1. The van der Waals surface area contributed by atoms with E-state index in [9.17, 15) is 5.11 Å². The van der Waals surface area contributed by atoms with E-state index in [2.05, 4.69) is 26.1 Å². The van der Waals surface area contributed by atoms with Gasteiger partial charge in [0.1, 0.15) is 6.10 Å². The minimum absolute atomic E-state index is 0.362. The largest absolute Gasteiger partial charge is 0.385 e. The van der Waals surface area contributed by atoms with Crippen molar-refractivity contribution in [2.75, 3.05) is 0 Å². The van der Waals surface area contributed by atoms with Crippen LogP contribution in [0.1, 0.15) is 31.7 Å². The second-order valence-electron chi connectivity index (χ2n) is 3.37. The molecule has 4 nitrogen and oxygen atoms in total. The van der Waals surface area contributed by atoms with Crippen molar-refractivity contribution >= 4 is 27.3 Å². The van der Waals surface area contributed by atoms with Gasteiger partial charge in [-0.25, -0.2) is 0 Å². The molecular formula is C10H11BrN2O2S. The molecule has 0 aliphatic carbocycles. The Bertz CT molecular complexity index is 469. The van der Waals surface area contributed by atoms with Gasteiger partial charge in [-0.15, -0.1) is 11.3 Å². The topological polar surface area (TPSA) is 59.2 Å². The third-order valence-corrected chi connectivity index (χ3v) is 3.70. The molecule has 0 amide bonds. The van der Waals surface area contributed by atoms with Crippen LogP contribution in [0.4, 0.5) is 0 Å². The SMILES string of the molecule is CCCC(O)c1noc(-c2ccc(Br)s2)n1. The molecule has 0 aromatic carbocycles. The van der Waals surface area contributed by atoms with Gasteiger partial charge in [0.25, 0.3) is 5.89 Å². The summed E-state index contributed by atoms with van der Waals surface area (Å²) in [6.07, 6.45) is 0.897. The van der Waals surface area contributed by atoms with E-state index in [1.807, 2.05) is 19.1 Å². The Morgan fingerprint density at radius 2 is 2.38 bits per heavy atom. The van der Waals surface area contributed by atoms with Crippen molar-refractivity contribution in [3.63, 3.8) is 0 Å². The van der Waals surface area contributed by atoms with Crippen LogP contribution in [0.5, 0.6) is 0 Å². The van der Waals surface area contributed by atoms with E-state index in [1.54, 1.807) is 0 Å². The van der Waals surface area contributed by atoms with Gasteiger partial charge in [-0.1, -0.05) is 18.5 Å². The summed E-state index contributed by atoms with van der Waals surface area (Å²) in [5, 5.41) is 13.5. The molecule has 0 saturated carbocycles. The third-order valence-electron chi connectivity index (χ3n) is 2.09. The van der Waals surface area contributed by atoms with Crippen LogP contribution in [-0.2, 0) is 0 Å². The van der Waals surface area contributed by atoms with Crippen molar-refractivity contribution < 1.29 is 9.63 Å². The summed E-state index contributed by atoms with van der Waals surface area (Å²) in [4.78, 5) is 5.07. The van der Waals surface area contributed by atoms with Crippen molar-refractivity contribution in [1.82, 2.24) is 10.1 Å². The predicted octanol–water partition coefficient (Wildman–Crippen LogP) is 3.39. The standard InChI is InChI=1S/C10H11BrN2O2S/c1-2-3-6(14)9-12-10(15-13-9)7-4-5-8(11)16-7/h4-6,14H,2-3H2,1H3. The van der Waals surface area contributed by atoms with Crippen molar-refractivity contribution in [1.29, 1.82) is 0 Å². The second-order valence-corrected chi connectivity index (χ2v) is 5.83. The molecule has 6 heteroatoms. The first kappa shape index (κ1) is 11.8. The Kier molecular flexibility index (Phi) is 3.73. The van der Waals surface area contributed by atoms with Gasteiger partial charge in [0.2, 0.25) is 5.82 Å². The Labute approximate surface area is 105 Å². The van der Waals surface area contributed by atoms with Crippen molar-refractivity contribution in [3.8, 4) is 10.8 Å². The molecule has 86 valence electrons. The Hall–Kier alpha value is -0.720. The zero-order chi connectivity index (χ0) is 11.5. The normalized spacial score (nSPS) is 12.9. The van der Waals surface area contributed by atoms with Gasteiger partial charge >= 0.3 is 0 Å². The first-order valence-corrected chi connectivity index (χ1v) is 6.59. The van der Waals surface area contributed by atoms with E-state index < -0.39 is 6.10 Å². The van der Waals surface area contributed by atoms with Crippen LogP contribution in [0.3, 0.4) is 0 Å². The first-order valence-electron chi connectivity index (χ1n) is 4.98. The molecule has 0 spiro atoms. The van der Waals surface area contributed by atoms with Crippen LogP contribution in [0.15, 0.2) is 20.4 Å². The highest BCUT2D eigenvalue weighted by Gasteiger charge is 2.16. The molecule has 2 heterocycles. The minimum Gasteiger partial charge on any atom is -0.385 e. The third kappa shape index (κ3) is 2.50. The van der Waals surface area contributed by atoms with Crippen LogP contribution in [-0.4, -0.2) is 15.2 Å². The summed E-state index contributed by atoms with van der Waals surface area (Å²) in [5.74, 6) is 0.822. The quantitative estimate of drug-likeness (QED) is 0.940. The van der Waals surface area contributed by atoms with Crippen LogP contribution < -0.4 is 0 Å². The number of rotatable bonds is 4. The molecule has 2 aromatic rings. The first-order chi connectivity index (χ1) is 7.70. The number of halogens is 1. The molecule has 0 aliphatic rings. The highest BCUT2D eigenvalue weighted by Crippen LogP contribution is 2.30. The summed E-state index contributed by atoms with van der Waals surface area (Å²) < 4.78 is 6.11.